The number of fused-ring (bicyclic) bond motifs is 1. The van der Waals surface area contributed by atoms with Crippen LogP contribution in [-0.4, -0.2) is 41.3 Å². The number of aromatic nitrogens is 1. The molecule has 1 aromatic heterocycles. The molecule has 172 valence electrons. The van der Waals surface area contributed by atoms with Gasteiger partial charge in [0.25, 0.3) is 5.91 Å². The van der Waals surface area contributed by atoms with Crippen molar-refractivity contribution in [2.24, 2.45) is 11.8 Å². The molecule has 0 radical (unpaired) electrons. The zero-order valence-corrected chi connectivity index (χ0v) is 20.1. The molecule has 3 aromatic rings. The average Bonchev–Trinajstić information content (AvgIpc) is 3.45. The molecule has 2 aromatic carbocycles. The van der Waals surface area contributed by atoms with E-state index in [2.05, 4.69) is 20.5 Å². The monoisotopic (exact) mass is 482 g/mol. The molecule has 0 bridgehead atoms. The standard InChI is InChI=1S/C25H27ClN4O2S/c1-15-6-5-7-19(26)22(15)28-23(31)16-8-9-20-21(13-16)33-25(27-20)29-24(32)18-12-17(18)14-30-10-3-2-4-11-30/h5-9,13,17-18H,2-4,10-12,14H2,1H3,(H,28,31)(H,27,29,32). The van der Waals surface area contributed by atoms with Gasteiger partial charge in [-0.2, -0.15) is 0 Å². The van der Waals surface area contributed by atoms with Gasteiger partial charge < -0.3 is 15.5 Å². The van der Waals surface area contributed by atoms with E-state index in [0.717, 1.165) is 41.8 Å². The Hall–Kier alpha value is -2.48. The Morgan fingerprint density at radius 2 is 1.97 bits per heavy atom. The third-order valence-corrected chi connectivity index (χ3v) is 7.79. The van der Waals surface area contributed by atoms with E-state index in [1.165, 1.54) is 30.6 Å². The second-order valence-electron chi connectivity index (χ2n) is 9.04. The van der Waals surface area contributed by atoms with Gasteiger partial charge in [0.05, 0.1) is 20.9 Å². The highest BCUT2D eigenvalue weighted by Gasteiger charge is 2.43. The number of nitrogens with one attached hydrogen (secondary N) is 2. The summed E-state index contributed by atoms with van der Waals surface area (Å²) in [5.41, 5.74) is 2.80. The van der Waals surface area contributed by atoms with Crippen molar-refractivity contribution < 1.29 is 9.59 Å². The van der Waals surface area contributed by atoms with E-state index in [4.69, 9.17) is 11.6 Å². The van der Waals surface area contributed by atoms with Crippen molar-refractivity contribution in [3.8, 4) is 0 Å². The molecule has 2 unspecified atom stereocenters. The minimum atomic E-state index is -0.231. The molecule has 1 aliphatic carbocycles. The lowest BCUT2D eigenvalue weighted by Gasteiger charge is -2.26. The Balaban J connectivity index is 1.22. The van der Waals surface area contributed by atoms with Gasteiger partial charge in [-0.05, 0) is 75.0 Å². The predicted molar refractivity (Wildman–Crippen MR) is 134 cm³/mol. The normalized spacial score (nSPS) is 20.5. The molecular formula is C25H27ClN4O2S. The van der Waals surface area contributed by atoms with Crippen LogP contribution < -0.4 is 10.6 Å². The maximum atomic E-state index is 12.8. The van der Waals surface area contributed by atoms with Crippen molar-refractivity contribution in [3.05, 3.63) is 52.5 Å². The predicted octanol–water partition coefficient (Wildman–Crippen LogP) is 5.57. The number of benzene rings is 2. The number of thiazole rings is 1. The summed E-state index contributed by atoms with van der Waals surface area (Å²) in [6, 6.07) is 10.9. The van der Waals surface area contributed by atoms with Crippen molar-refractivity contribution >= 4 is 55.8 Å². The van der Waals surface area contributed by atoms with E-state index in [-0.39, 0.29) is 17.7 Å². The van der Waals surface area contributed by atoms with Crippen molar-refractivity contribution in [1.29, 1.82) is 0 Å². The summed E-state index contributed by atoms with van der Waals surface area (Å²) in [5, 5.41) is 6.98. The van der Waals surface area contributed by atoms with Crippen molar-refractivity contribution in [2.45, 2.75) is 32.6 Å². The number of rotatable bonds is 6. The number of amides is 2. The van der Waals surface area contributed by atoms with Gasteiger partial charge in [-0.25, -0.2) is 4.98 Å². The number of anilines is 2. The molecule has 1 saturated heterocycles. The molecular weight excluding hydrogens is 456 g/mol. The Bertz CT molecular complexity index is 1180. The Kier molecular flexibility index (Phi) is 6.36. The van der Waals surface area contributed by atoms with Crippen LogP contribution >= 0.6 is 22.9 Å². The van der Waals surface area contributed by atoms with E-state index in [9.17, 15) is 9.59 Å². The van der Waals surface area contributed by atoms with E-state index in [1.54, 1.807) is 18.2 Å². The second kappa shape index (κ2) is 9.41. The molecule has 2 N–H and O–H groups in total. The van der Waals surface area contributed by atoms with Crippen LogP contribution in [-0.2, 0) is 4.79 Å². The van der Waals surface area contributed by atoms with Crippen LogP contribution in [0, 0.1) is 18.8 Å². The highest BCUT2D eigenvalue weighted by Crippen LogP contribution is 2.41. The molecule has 8 heteroatoms. The first-order valence-electron chi connectivity index (χ1n) is 11.5. The first kappa shape index (κ1) is 22.3. The molecule has 1 saturated carbocycles. The summed E-state index contributed by atoms with van der Waals surface area (Å²) >= 11 is 7.63. The number of aryl methyl sites for hydroxylation is 1. The summed E-state index contributed by atoms with van der Waals surface area (Å²) in [7, 11) is 0. The fourth-order valence-corrected chi connectivity index (χ4v) is 5.71. The van der Waals surface area contributed by atoms with Crippen LogP contribution in [0.2, 0.25) is 5.02 Å². The first-order valence-corrected chi connectivity index (χ1v) is 12.7. The van der Waals surface area contributed by atoms with Crippen LogP contribution in [0.3, 0.4) is 0 Å². The number of piperidine rings is 1. The first-order chi connectivity index (χ1) is 16.0. The molecule has 1 aliphatic heterocycles. The van der Waals surface area contributed by atoms with E-state index >= 15 is 0 Å². The molecule has 2 heterocycles. The quantitative estimate of drug-likeness (QED) is 0.481. The molecule has 5 rings (SSSR count). The number of nitrogens with zero attached hydrogens (tertiary/aromatic N) is 2. The molecule has 2 aliphatic rings. The molecule has 6 nitrogen and oxygen atoms in total. The maximum absolute atomic E-state index is 12.8. The SMILES string of the molecule is Cc1cccc(Cl)c1NC(=O)c1ccc2nc(NC(=O)C3CC3CN3CCCCC3)sc2c1. The van der Waals surface area contributed by atoms with Crippen molar-refractivity contribution in [1.82, 2.24) is 9.88 Å². The number of likely N-dealkylation sites (tertiary alicyclic amines) is 1. The highest BCUT2D eigenvalue weighted by molar-refractivity contribution is 7.22. The number of hydrogen-bond acceptors (Lipinski definition) is 5. The van der Waals surface area contributed by atoms with Crippen molar-refractivity contribution in [3.63, 3.8) is 0 Å². The summed E-state index contributed by atoms with van der Waals surface area (Å²) in [6.45, 7) is 5.25. The van der Waals surface area contributed by atoms with E-state index < -0.39 is 0 Å². The third-order valence-electron chi connectivity index (χ3n) is 6.54. The van der Waals surface area contributed by atoms with Crippen LogP contribution in [0.4, 0.5) is 10.8 Å². The number of para-hydroxylation sites is 1. The smallest absolute Gasteiger partial charge is 0.255 e. The summed E-state index contributed by atoms with van der Waals surface area (Å²) in [6.07, 6.45) is 4.82. The Labute approximate surface area is 202 Å². The lowest BCUT2D eigenvalue weighted by molar-refractivity contribution is -0.117. The summed E-state index contributed by atoms with van der Waals surface area (Å²) in [5.74, 6) is 0.369. The molecule has 2 fully saturated rings. The molecule has 2 atom stereocenters. The van der Waals surface area contributed by atoms with Crippen LogP contribution in [0.1, 0.15) is 41.6 Å². The van der Waals surface area contributed by atoms with E-state index in [0.29, 0.717) is 27.3 Å². The van der Waals surface area contributed by atoms with Gasteiger partial charge in [-0.3, -0.25) is 9.59 Å². The highest BCUT2D eigenvalue weighted by atomic mass is 35.5. The van der Waals surface area contributed by atoms with Crippen molar-refractivity contribution in [2.75, 3.05) is 30.3 Å². The second-order valence-corrected chi connectivity index (χ2v) is 10.5. The molecule has 0 spiro atoms. The molecule has 33 heavy (non-hydrogen) atoms. The fraction of sp³-hybridized carbons (Fsp3) is 0.400. The molecule has 2 amide bonds. The lowest BCUT2D eigenvalue weighted by Crippen LogP contribution is -2.32. The van der Waals surface area contributed by atoms with Gasteiger partial charge in [-0.15, -0.1) is 0 Å². The summed E-state index contributed by atoms with van der Waals surface area (Å²) < 4.78 is 0.856. The fourth-order valence-electron chi connectivity index (χ4n) is 4.54. The van der Waals surface area contributed by atoms with Gasteiger partial charge in [0, 0.05) is 18.0 Å². The number of carbonyl (C=O) groups is 2. The Morgan fingerprint density at radius 3 is 2.76 bits per heavy atom. The minimum absolute atomic E-state index is 0.0585. The van der Waals surface area contributed by atoms with Gasteiger partial charge in [0.1, 0.15) is 0 Å². The van der Waals surface area contributed by atoms with Gasteiger partial charge in [-0.1, -0.05) is 41.5 Å². The number of halogens is 1. The topological polar surface area (TPSA) is 74.3 Å². The van der Waals surface area contributed by atoms with Gasteiger partial charge in [0.2, 0.25) is 5.91 Å². The Morgan fingerprint density at radius 1 is 1.15 bits per heavy atom. The zero-order chi connectivity index (χ0) is 22.9. The largest absolute Gasteiger partial charge is 0.320 e. The van der Waals surface area contributed by atoms with E-state index in [1.807, 2.05) is 25.1 Å². The third kappa shape index (κ3) is 5.05. The van der Waals surface area contributed by atoms with Gasteiger partial charge >= 0.3 is 0 Å². The van der Waals surface area contributed by atoms with Crippen LogP contribution in [0.15, 0.2) is 36.4 Å². The van der Waals surface area contributed by atoms with Gasteiger partial charge in [0.15, 0.2) is 5.13 Å². The maximum Gasteiger partial charge on any atom is 0.255 e. The van der Waals surface area contributed by atoms with Crippen LogP contribution in [0.25, 0.3) is 10.2 Å². The number of hydrogen-bond donors (Lipinski definition) is 2. The lowest BCUT2D eigenvalue weighted by atomic mass is 10.1. The number of carbonyl (C=O) groups excluding carboxylic acids is 2. The summed E-state index contributed by atoms with van der Waals surface area (Å²) in [4.78, 5) is 32.5. The van der Waals surface area contributed by atoms with Crippen LogP contribution in [0.5, 0.6) is 0 Å². The zero-order valence-electron chi connectivity index (χ0n) is 18.6. The minimum Gasteiger partial charge on any atom is -0.320 e. The average molecular weight is 483 g/mol.